The molecular weight excluding hydrogens is 358 g/mol. The van der Waals surface area contributed by atoms with Crippen LogP contribution in [0.4, 0.5) is 0 Å². The fraction of sp³-hybridized carbons (Fsp3) is 0.529. The summed E-state index contributed by atoms with van der Waals surface area (Å²) in [6, 6.07) is 3.77. The van der Waals surface area contributed by atoms with Crippen LogP contribution < -0.4 is 4.74 Å². The zero-order chi connectivity index (χ0) is 16.0. The summed E-state index contributed by atoms with van der Waals surface area (Å²) in [5.74, 6) is 2.02. The van der Waals surface area contributed by atoms with Gasteiger partial charge in [-0.1, -0.05) is 0 Å². The Morgan fingerprint density at radius 3 is 2.87 bits per heavy atom. The second kappa shape index (κ2) is 5.91. The number of carbonyl (C=O) groups excluding carboxylic acids is 1. The number of hydrogen-bond donors (Lipinski definition) is 1. The Hall–Kier alpha value is -1.40. The molecule has 23 heavy (non-hydrogen) atoms. The van der Waals surface area contributed by atoms with E-state index >= 15 is 0 Å². The Balaban J connectivity index is 1.62. The lowest BCUT2D eigenvalue weighted by Crippen LogP contribution is -2.47. The van der Waals surface area contributed by atoms with Gasteiger partial charge in [-0.05, 0) is 65.8 Å². The number of halogens is 1. The molecule has 5 rings (SSSR count). The lowest BCUT2D eigenvalue weighted by Gasteiger charge is -2.44. The minimum Gasteiger partial charge on any atom is -0.496 e. The van der Waals surface area contributed by atoms with E-state index in [2.05, 4.69) is 31.0 Å². The molecule has 3 aliphatic heterocycles. The molecule has 4 heterocycles. The number of aromatic amines is 1. The number of methoxy groups -OCH3 is 1. The molecule has 1 aromatic heterocycles. The van der Waals surface area contributed by atoms with Crippen molar-refractivity contribution < 1.29 is 9.53 Å². The van der Waals surface area contributed by atoms with E-state index in [4.69, 9.17) is 4.74 Å². The molecule has 0 radical (unpaired) electrons. The summed E-state index contributed by atoms with van der Waals surface area (Å²) in [6.45, 7) is 3.45. The molecule has 5 nitrogen and oxygen atoms in total. The van der Waals surface area contributed by atoms with Gasteiger partial charge in [0, 0.05) is 18.4 Å². The number of aromatic nitrogens is 2. The van der Waals surface area contributed by atoms with Crippen molar-refractivity contribution in [2.24, 2.45) is 11.8 Å². The van der Waals surface area contributed by atoms with Crippen LogP contribution in [0.25, 0.3) is 10.9 Å². The number of benzene rings is 1. The van der Waals surface area contributed by atoms with Crippen LogP contribution in [0, 0.1) is 11.8 Å². The third-order valence-electron chi connectivity index (χ3n) is 5.35. The molecular formula is C17H20BrN3O2. The number of Topliss-reactive ketones (excluding diaryl/α,β-unsaturated/α-hetero) is 1. The lowest BCUT2D eigenvalue weighted by atomic mass is 9.76. The number of carbonyl (C=O) groups is 1. The van der Waals surface area contributed by atoms with E-state index in [-0.39, 0.29) is 5.78 Å². The van der Waals surface area contributed by atoms with Crippen LogP contribution in [-0.4, -0.2) is 47.6 Å². The van der Waals surface area contributed by atoms with E-state index < -0.39 is 0 Å². The number of hydrogen-bond acceptors (Lipinski definition) is 4. The van der Waals surface area contributed by atoms with Crippen molar-refractivity contribution in [2.45, 2.75) is 19.3 Å². The highest BCUT2D eigenvalue weighted by Gasteiger charge is 2.35. The molecule has 0 amide bonds. The molecule has 2 bridgehead atoms. The summed E-state index contributed by atoms with van der Waals surface area (Å²) in [4.78, 5) is 15.3. The second-order valence-electron chi connectivity index (χ2n) is 6.60. The van der Waals surface area contributed by atoms with Crippen molar-refractivity contribution in [1.29, 1.82) is 0 Å². The summed E-state index contributed by atoms with van der Waals surface area (Å²) in [7, 11) is 1.63. The summed E-state index contributed by atoms with van der Waals surface area (Å²) >= 11 is 3.55. The van der Waals surface area contributed by atoms with Gasteiger partial charge in [-0.2, -0.15) is 5.10 Å². The molecule has 0 saturated carbocycles. The number of H-pyrrole nitrogens is 1. The average molecular weight is 378 g/mol. The second-order valence-corrected chi connectivity index (χ2v) is 7.39. The zero-order valence-electron chi connectivity index (χ0n) is 13.1. The molecule has 3 aliphatic rings. The van der Waals surface area contributed by atoms with Gasteiger partial charge in [-0.15, -0.1) is 0 Å². The summed E-state index contributed by atoms with van der Waals surface area (Å²) < 4.78 is 6.14. The summed E-state index contributed by atoms with van der Waals surface area (Å²) in [5.41, 5.74) is 1.39. The van der Waals surface area contributed by atoms with Gasteiger partial charge in [-0.25, -0.2) is 0 Å². The molecule has 2 aromatic rings. The highest BCUT2D eigenvalue weighted by atomic mass is 79.9. The van der Waals surface area contributed by atoms with Gasteiger partial charge < -0.3 is 9.64 Å². The third-order valence-corrected chi connectivity index (χ3v) is 6.14. The summed E-state index contributed by atoms with van der Waals surface area (Å²) in [6.07, 6.45) is 3.05. The van der Waals surface area contributed by atoms with Gasteiger partial charge in [-0.3, -0.25) is 9.89 Å². The first-order valence-corrected chi connectivity index (χ1v) is 8.92. The van der Waals surface area contributed by atoms with Crippen molar-refractivity contribution in [3.05, 3.63) is 22.3 Å². The quantitative estimate of drug-likeness (QED) is 0.830. The van der Waals surface area contributed by atoms with E-state index in [1.165, 1.54) is 25.9 Å². The Morgan fingerprint density at radius 1 is 1.43 bits per heavy atom. The smallest absolute Gasteiger partial charge is 0.184 e. The molecule has 0 aliphatic carbocycles. The van der Waals surface area contributed by atoms with Crippen LogP contribution >= 0.6 is 15.9 Å². The first-order valence-electron chi connectivity index (χ1n) is 8.13. The Kier molecular flexibility index (Phi) is 3.89. The minimum atomic E-state index is 0.129. The SMILES string of the molecule is COc1ccc2[nH]nc(C(=O)C[C@H]3CN4CCC3CC4)c2c1Br. The maximum atomic E-state index is 12.9. The number of nitrogens with one attached hydrogen (secondary N) is 1. The maximum Gasteiger partial charge on any atom is 0.184 e. The number of piperidine rings is 3. The Bertz CT molecular complexity index is 750. The largest absolute Gasteiger partial charge is 0.496 e. The third kappa shape index (κ3) is 2.58. The molecule has 1 atom stereocenters. The Labute approximate surface area is 143 Å². The number of ether oxygens (including phenoxy) is 1. The topological polar surface area (TPSA) is 58.2 Å². The predicted octanol–water partition coefficient (Wildman–Crippen LogP) is 3.25. The monoisotopic (exact) mass is 377 g/mol. The van der Waals surface area contributed by atoms with Gasteiger partial charge in [0.1, 0.15) is 11.4 Å². The number of fused-ring (bicyclic) bond motifs is 4. The highest BCUT2D eigenvalue weighted by molar-refractivity contribution is 9.10. The zero-order valence-corrected chi connectivity index (χ0v) is 14.7. The van der Waals surface area contributed by atoms with Crippen LogP contribution in [0.1, 0.15) is 29.8 Å². The van der Waals surface area contributed by atoms with Gasteiger partial charge >= 0.3 is 0 Å². The highest BCUT2D eigenvalue weighted by Crippen LogP contribution is 2.37. The maximum absolute atomic E-state index is 12.9. The van der Waals surface area contributed by atoms with Gasteiger partial charge in [0.15, 0.2) is 5.78 Å². The average Bonchev–Trinajstić information content (AvgIpc) is 3.01. The van der Waals surface area contributed by atoms with E-state index in [1.807, 2.05) is 12.1 Å². The van der Waals surface area contributed by atoms with Crippen LogP contribution in [-0.2, 0) is 0 Å². The number of nitrogens with zero attached hydrogens (tertiary/aromatic N) is 2. The van der Waals surface area contributed by atoms with Crippen LogP contribution in [0.3, 0.4) is 0 Å². The van der Waals surface area contributed by atoms with Crippen molar-refractivity contribution in [2.75, 3.05) is 26.7 Å². The van der Waals surface area contributed by atoms with E-state index in [9.17, 15) is 4.79 Å². The first kappa shape index (κ1) is 15.1. The molecule has 6 heteroatoms. The molecule has 1 N–H and O–H groups in total. The molecule has 0 unspecified atom stereocenters. The normalized spacial score (nSPS) is 26.6. The number of ketones is 1. The van der Waals surface area contributed by atoms with Crippen LogP contribution in [0.5, 0.6) is 5.75 Å². The van der Waals surface area contributed by atoms with E-state index in [1.54, 1.807) is 7.11 Å². The lowest BCUT2D eigenvalue weighted by molar-refractivity contribution is 0.0440. The minimum absolute atomic E-state index is 0.129. The number of rotatable bonds is 4. The van der Waals surface area contributed by atoms with Gasteiger partial charge in [0.2, 0.25) is 0 Å². The standard InChI is InChI=1S/C17H20BrN3O2/c1-23-14-3-2-12-15(16(14)18)17(20-19-12)13(22)8-11-9-21-6-4-10(11)5-7-21/h2-3,10-11H,4-9H2,1H3,(H,19,20)/t11-/m0/s1. The van der Waals surface area contributed by atoms with Crippen molar-refractivity contribution in [1.82, 2.24) is 15.1 Å². The fourth-order valence-corrected chi connectivity index (χ4v) is 4.76. The summed E-state index contributed by atoms with van der Waals surface area (Å²) in [5, 5.41) is 8.08. The molecule has 1 aromatic carbocycles. The van der Waals surface area contributed by atoms with Gasteiger partial charge in [0.25, 0.3) is 0 Å². The first-order chi connectivity index (χ1) is 11.2. The van der Waals surface area contributed by atoms with Crippen molar-refractivity contribution in [3.63, 3.8) is 0 Å². The molecule has 122 valence electrons. The van der Waals surface area contributed by atoms with E-state index in [0.29, 0.717) is 24.0 Å². The molecule has 3 fully saturated rings. The van der Waals surface area contributed by atoms with E-state index in [0.717, 1.165) is 27.7 Å². The van der Waals surface area contributed by atoms with Gasteiger partial charge in [0.05, 0.1) is 17.1 Å². The molecule has 0 spiro atoms. The Morgan fingerprint density at radius 2 is 2.22 bits per heavy atom. The fourth-order valence-electron chi connectivity index (χ4n) is 4.07. The van der Waals surface area contributed by atoms with Crippen molar-refractivity contribution in [3.8, 4) is 5.75 Å². The van der Waals surface area contributed by atoms with Crippen LogP contribution in [0.2, 0.25) is 0 Å². The van der Waals surface area contributed by atoms with Crippen LogP contribution in [0.15, 0.2) is 16.6 Å². The van der Waals surface area contributed by atoms with Crippen molar-refractivity contribution >= 4 is 32.6 Å². The molecule has 3 saturated heterocycles. The predicted molar refractivity (Wildman–Crippen MR) is 91.9 cm³/mol.